The van der Waals surface area contributed by atoms with Gasteiger partial charge in [0, 0.05) is 6.54 Å². The van der Waals surface area contributed by atoms with Crippen LogP contribution in [0.3, 0.4) is 0 Å². The first-order valence-electron chi connectivity index (χ1n) is 7.13. The molecule has 0 spiro atoms. The Labute approximate surface area is 112 Å². The van der Waals surface area contributed by atoms with Gasteiger partial charge in [0.2, 0.25) is 0 Å². The molecule has 3 heteroatoms. The molecule has 0 saturated carbocycles. The van der Waals surface area contributed by atoms with Crippen LogP contribution in [0.1, 0.15) is 53.9 Å². The van der Waals surface area contributed by atoms with Crippen LogP contribution in [0, 0.1) is 5.92 Å². The van der Waals surface area contributed by atoms with Gasteiger partial charge in [0.05, 0.1) is 11.5 Å². The molecule has 0 N–H and O–H groups in total. The number of Topliss-reactive ketones (excluding diaryl/α,β-unsaturated/α-hetero) is 1. The van der Waals surface area contributed by atoms with E-state index in [1.54, 1.807) is 0 Å². The Morgan fingerprint density at radius 1 is 1.22 bits per heavy atom. The molecule has 1 rings (SSSR count). The molecule has 1 aliphatic rings. The number of rotatable bonds is 6. The number of nitrogens with zero attached hydrogens (tertiary/aromatic N) is 1. The number of ketones is 1. The Morgan fingerprint density at radius 2 is 1.83 bits per heavy atom. The zero-order valence-corrected chi connectivity index (χ0v) is 12.9. The third-order valence-corrected chi connectivity index (χ3v) is 3.90. The summed E-state index contributed by atoms with van der Waals surface area (Å²) in [5, 5.41) is 0. The molecule has 1 aliphatic heterocycles. The highest BCUT2D eigenvalue weighted by Gasteiger charge is 2.53. The van der Waals surface area contributed by atoms with E-state index in [1.807, 2.05) is 27.7 Å². The molecule has 0 radical (unpaired) electrons. The fourth-order valence-electron chi connectivity index (χ4n) is 2.85. The molecule has 3 nitrogen and oxygen atoms in total. The van der Waals surface area contributed by atoms with E-state index in [1.165, 1.54) is 19.3 Å². The lowest BCUT2D eigenvalue weighted by Gasteiger charge is -2.28. The van der Waals surface area contributed by atoms with Crippen molar-refractivity contribution in [1.29, 1.82) is 0 Å². The number of ether oxygens (including phenoxy) is 1. The molecule has 106 valence electrons. The topological polar surface area (TPSA) is 29.5 Å². The monoisotopic (exact) mass is 255 g/mol. The first-order valence-corrected chi connectivity index (χ1v) is 7.13. The number of carbonyl (C=O) groups is 1. The van der Waals surface area contributed by atoms with E-state index in [-0.39, 0.29) is 17.3 Å². The van der Waals surface area contributed by atoms with Crippen LogP contribution >= 0.6 is 0 Å². The minimum absolute atomic E-state index is 0.0147. The average Bonchev–Trinajstić information content (AvgIpc) is 2.37. The number of hydrogen-bond donors (Lipinski definition) is 0. The van der Waals surface area contributed by atoms with Crippen LogP contribution in [0.5, 0.6) is 0 Å². The molecule has 0 aromatic rings. The molecule has 1 atom stereocenters. The fourth-order valence-corrected chi connectivity index (χ4v) is 2.85. The van der Waals surface area contributed by atoms with Gasteiger partial charge in [0.1, 0.15) is 5.60 Å². The lowest BCUT2D eigenvalue weighted by Crippen LogP contribution is -2.40. The second-order valence-corrected chi connectivity index (χ2v) is 6.60. The minimum atomic E-state index is -0.627. The molecule has 1 unspecified atom stereocenters. The molecule has 1 fully saturated rings. The van der Waals surface area contributed by atoms with E-state index >= 15 is 0 Å². The summed E-state index contributed by atoms with van der Waals surface area (Å²) in [6.45, 7) is 11.9. The van der Waals surface area contributed by atoms with Crippen molar-refractivity contribution in [2.24, 2.45) is 5.92 Å². The molecule has 18 heavy (non-hydrogen) atoms. The Bertz CT molecular complexity index is 297. The average molecular weight is 255 g/mol. The SMILES string of the molecule is CCCCCN(C)CC1C(=O)C(C)(C)OC1(C)C. The van der Waals surface area contributed by atoms with Crippen molar-refractivity contribution in [3.63, 3.8) is 0 Å². The van der Waals surface area contributed by atoms with Gasteiger partial charge in [-0.2, -0.15) is 0 Å². The normalized spacial score (nSPS) is 25.9. The molecular formula is C15H29NO2. The van der Waals surface area contributed by atoms with Crippen LogP contribution in [0.2, 0.25) is 0 Å². The maximum atomic E-state index is 12.4. The maximum Gasteiger partial charge on any atom is 0.171 e. The van der Waals surface area contributed by atoms with Gasteiger partial charge in [0.15, 0.2) is 5.78 Å². The highest BCUT2D eigenvalue weighted by Crippen LogP contribution is 2.39. The Morgan fingerprint density at radius 3 is 2.28 bits per heavy atom. The molecular weight excluding hydrogens is 226 g/mol. The molecule has 0 aliphatic carbocycles. The standard InChI is InChI=1S/C15H29NO2/c1-7-8-9-10-16(6)11-12-13(17)15(4,5)18-14(12,2)3/h12H,7-11H2,1-6H3. The maximum absolute atomic E-state index is 12.4. The summed E-state index contributed by atoms with van der Waals surface area (Å²) < 4.78 is 5.91. The summed E-state index contributed by atoms with van der Waals surface area (Å²) in [5.74, 6) is 0.231. The highest BCUT2D eigenvalue weighted by atomic mass is 16.5. The van der Waals surface area contributed by atoms with Gasteiger partial charge in [-0.3, -0.25) is 4.79 Å². The molecule has 0 amide bonds. The van der Waals surface area contributed by atoms with Crippen molar-refractivity contribution in [3.05, 3.63) is 0 Å². The zero-order chi connectivity index (χ0) is 14.0. The third-order valence-electron chi connectivity index (χ3n) is 3.90. The molecule has 0 aromatic carbocycles. The van der Waals surface area contributed by atoms with Crippen LogP contribution in [-0.4, -0.2) is 42.0 Å². The molecule has 1 heterocycles. The number of carbonyl (C=O) groups excluding carboxylic acids is 1. The third kappa shape index (κ3) is 3.55. The predicted molar refractivity (Wildman–Crippen MR) is 74.8 cm³/mol. The second-order valence-electron chi connectivity index (χ2n) is 6.60. The van der Waals surface area contributed by atoms with Crippen molar-refractivity contribution < 1.29 is 9.53 Å². The summed E-state index contributed by atoms with van der Waals surface area (Å²) in [7, 11) is 2.10. The molecule has 0 bridgehead atoms. The van der Waals surface area contributed by atoms with Crippen molar-refractivity contribution in [2.75, 3.05) is 20.1 Å². The van der Waals surface area contributed by atoms with Gasteiger partial charge in [-0.15, -0.1) is 0 Å². The largest absolute Gasteiger partial charge is 0.361 e. The zero-order valence-electron chi connectivity index (χ0n) is 12.9. The van der Waals surface area contributed by atoms with Crippen molar-refractivity contribution in [2.45, 2.75) is 65.1 Å². The van der Waals surface area contributed by atoms with Gasteiger partial charge >= 0.3 is 0 Å². The molecule has 1 saturated heterocycles. The lowest BCUT2D eigenvalue weighted by molar-refractivity contribution is -0.132. The Kier molecular flexibility index (Phi) is 4.96. The smallest absolute Gasteiger partial charge is 0.171 e. The van der Waals surface area contributed by atoms with Gasteiger partial charge in [-0.05, 0) is 47.7 Å². The molecule has 0 aromatic heterocycles. The van der Waals surface area contributed by atoms with Crippen LogP contribution in [0.15, 0.2) is 0 Å². The lowest BCUT2D eigenvalue weighted by atomic mass is 9.85. The fraction of sp³-hybridized carbons (Fsp3) is 0.933. The number of unbranched alkanes of at least 4 members (excludes halogenated alkanes) is 2. The van der Waals surface area contributed by atoms with E-state index < -0.39 is 5.60 Å². The van der Waals surface area contributed by atoms with E-state index in [4.69, 9.17) is 4.74 Å². The van der Waals surface area contributed by atoms with Crippen LogP contribution < -0.4 is 0 Å². The van der Waals surface area contributed by atoms with Crippen molar-refractivity contribution in [3.8, 4) is 0 Å². The predicted octanol–water partition coefficient (Wildman–Crippen LogP) is 2.88. The summed E-state index contributed by atoms with van der Waals surface area (Å²) >= 11 is 0. The van der Waals surface area contributed by atoms with E-state index in [2.05, 4.69) is 18.9 Å². The van der Waals surface area contributed by atoms with Gasteiger partial charge in [0.25, 0.3) is 0 Å². The quantitative estimate of drug-likeness (QED) is 0.684. The van der Waals surface area contributed by atoms with E-state index in [0.29, 0.717) is 0 Å². The van der Waals surface area contributed by atoms with E-state index in [9.17, 15) is 4.79 Å². The summed E-state index contributed by atoms with van der Waals surface area (Å²) in [6.07, 6.45) is 3.70. The summed E-state index contributed by atoms with van der Waals surface area (Å²) in [4.78, 5) is 14.6. The highest BCUT2D eigenvalue weighted by molar-refractivity contribution is 5.91. The first kappa shape index (κ1) is 15.6. The van der Waals surface area contributed by atoms with Crippen LogP contribution in [0.4, 0.5) is 0 Å². The van der Waals surface area contributed by atoms with Gasteiger partial charge in [-0.25, -0.2) is 0 Å². The second kappa shape index (κ2) is 5.70. The Balaban J connectivity index is 2.57. The van der Waals surface area contributed by atoms with E-state index in [0.717, 1.165) is 13.1 Å². The van der Waals surface area contributed by atoms with Crippen LogP contribution in [-0.2, 0) is 9.53 Å². The first-order chi connectivity index (χ1) is 8.20. The van der Waals surface area contributed by atoms with Crippen molar-refractivity contribution in [1.82, 2.24) is 4.90 Å². The summed E-state index contributed by atoms with van der Waals surface area (Å²) in [5.41, 5.74) is -0.974. The number of hydrogen-bond acceptors (Lipinski definition) is 3. The van der Waals surface area contributed by atoms with Gasteiger partial charge < -0.3 is 9.64 Å². The minimum Gasteiger partial charge on any atom is -0.361 e. The van der Waals surface area contributed by atoms with Crippen LogP contribution in [0.25, 0.3) is 0 Å². The summed E-state index contributed by atoms with van der Waals surface area (Å²) in [6, 6.07) is 0. The Hall–Kier alpha value is -0.410. The van der Waals surface area contributed by atoms with Crippen molar-refractivity contribution >= 4 is 5.78 Å². The van der Waals surface area contributed by atoms with Gasteiger partial charge in [-0.1, -0.05) is 19.8 Å².